The van der Waals surface area contributed by atoms with Crippen molar-refractivity contribution in [3.63, 3.8) is 0 Å². The van der Waals surface area contributed by atoms with Gasteiger partial charge in [-0.3, -0.25) is 0 Å². The van der Waals surface area contributed by atoms with Gasteiger partial charge in [-0.05, 0) is 0 Å². The van der Waals surface area contributed by atoms with E-state index in [-0.39, 0.29) is 120 Å². The molecule has 0 spiro atoms. The minimum Gasteiger partial charge on any atom is 0 e. The Morgan fingerprint density at radius 1 is 1.40 bits per heavy atom. The standard InChI is InChI=1S/Ba.Ca.Cu.O.Tl.4H/q2*+2;;;;4*-1. The number of hydrogen-bond acceptors (Lipinski definition) is 1. The third-order valence-electron chi connectivity index (χ3n) is 0. The summed E-state index contributed by atoms with van der Waals surface area (Å²) < 4.78 is 7.81. The molecule has 0 N–H and O–H groups in total. The Morgan fingerprint density at radius 2 is 1.40 bits per heavy atom. The summed E-state index contributed by atoms with van der Waals surface area (Å²) in [5, 5.41) is 0. The van der Waals surface area contributed by atoms with Crippen molar-refractivity contribution in [3.05, 3.63) is 0 Å². The molecule has 0 saturated heterocycles. The summed E-state index contributed by atoms with van der Waals surface area (Å²) in [5.74, 6) is 0. The van der Waals surface area contributed by atoms with Gasteiger partial charge in [0.1, 0.15) is 0 Å². The molecule has 5 heavy (non-hydrogen) atoms. The second kappa shape index (κ2) is 24.3. The number of hydrogen-bond donors (Lipinski definition) is 0. The molecule has 0 aromatic carbocycles. The largest absolute Gasteiger partial charge is 0 e. The van der Waals surface area contributed by atoms with Gasteiger partial charge in [0, 0.05) is 27.3 Å². The molecule has 0 aliphatic heterocycles. The minimum absolute atomic E-state index is 0. The molecule has 0 aliphatic carbocycles. The SMILES string of the molecule is [Ba+2].[Ca+2].[H-].[H-].[H-].[H-].[O]=[Cu].[Tl]. The van der Waals surface area contributed by atoms with Crippen LogP contribution >= 0.6 is 0 Å². The zero-order valence-corrected chi connectivity index (χ0v) is 14.8. The molecule has 1 radical (unpaired) electrons. The maximum atomic E-state index is 7.81. The Kier molecular flexibility index (Phi) is 112. The predicted molar refractivity (Wildman–Crippen MR) is 22.4 cm³/mol. The molecule has 28 valence electrons. The summed E-state index contributed by atoms with van der Waals surface area (Å²) in [6.07, 6.45) is 0. The molecule has 0 aromatic heterocycles. The molecule has 0 rings (SSSR count). The molecular formula is H4BaCaCuOTl. The van der Waals surface area contributed by atoms with Gasteiger partial charge in [0.25, 0.3) is 0 Å². The van der Waals surface area contributed by atoms with Crippen LogP contribution in [0.4, 0.5) is 0 Å². The minimum atomic E-state index is 0. The molecule has 0 bridgehead atoms. The van der Waals surface area contributed by atoms with Gasteiger partial charge >= 0.3 is 106 Å². The van der Waals surface area contributed by atoms with Gasteiger partial charge in [-0.1, -0.05) is 0 Å². The first kappa shape index (κ1) is 23.0. The maximum absolute atomic E-state index is 7.81. The molecule has 0 aromatic rings. The third-order valence-corrected chi connectivity index (χ3v) is 0. The second-order valence-electron chi connectivity index (χ2n) is 0. The van der Waals surface area contributed by atoms with Crippen LogP contribution in [0.3, 0.4) is 0 Å². The van der Waals surface area contributed by atoms with E-state index in [0.29, 0.717) is 0 Å². The molecule has 0 saturated carbocycles. The first-order valence-corrected chi connectivity index (χ1v) is 0.508. The first-order chi connectivity index (χ1) is 1.00. The molecule has 0 amide bonds. The Balaban J connectivity index is -0.000000000238. The van der Waals surface area contributed by atoms with E-state index in [0.717, 1.165) is 0 Å². The molecule has 5 heteroatoms. The van der Waals surface area contributed by atoms with Crippen LogP contribution in [-0.2, 0) is 19.8 Å². The molecule has 0 unspecified atom stereocenters. The molecule has 0 aliphatic rings. The molecule has 0 atom stereocenters. The van der Waals surface area contributed by atoms with Gasteiger partial charge in [-0.15, -0.1) is 0 Å². The Labute approximate surface area is 136 Å². The molecule has 0 heterocycles. The van der Waals surface area contributed by atoms with Crippen LogP contribution in [-0.4, -0.2) is 114 Å². The topological polar surface area (TPSA) is 17.1 Å². The molecule has 0 fully saturated rings. The van der Waals surface area contributed by atoms with E-state index in [2.05, 4.69) is 15.9 Å². The fraction of sp³-hybridized carbons (Fsp3) is 0. The van der Waals surface area contributed by atoms with E-state index in [1.54, 1.807) is 0 Å². The quantitative estimate of drug-likeness (QED) is 0.428. The fourth-order valence-corrected chi connectivity index (χ4v) is 0. The van der Waals surface area contributed by atoms with Crippen LogP contribution in [0.15, 0.2) is 0 Å². The van der Waals surface area contributed by atoms with Gasteiger partial charge in [0.05, 0.1) is 0 Å². The summed E-state index contributed by atoms with van der Waals surface area (Å²) in [5.41, 5.74) is 0. The van der Waals surface area contributed by atoms with E-state index in [4.69, 9.17) is 3.83 Å². The summed E-state index contributed by atoms with van der Waals surface area (Å²) >= 11 is 2.94. The van der Waals surface area contributed by atoms with Crippen molar-refractivity contribution in [1.29, 1.82) is 0 Å². The van der Waals surface area contributed by atoms with Crippen molar-refractivity contribution >= 4 is 114 Å². The van der Waals surface area contributed by atoms with Gasteiger partial charge in [0.15, 0.2) is 0 Å². The van der Waals surface area contributed by atoms with Gasteiger partial charge in [-0.25, -0.2) is 0 Å². The van der Waals surface area contributed by atoms with E-state index in [1.165, 1.54) is 0 Å². The van der Waals surface area contributed by atoms with Crippen LogP contribution in [0, 0.1) is 0 Å². The van der Waals surface area contributed by atoms with Crippen molar-refractivity contribution in [2.75, 3.05) is 0 Å². The summed E-state index contributed by atoms with van der Waals surface area (Å²) in [4.78, 5) is 0. The van der Waals surface area contributed by atoms with E-state index >= 15 is 0 Å². The predicted octanol–water partition coefficient (Wildman–Crippen LogP) is -0.814. The Morgan fingerprint density at radius 3 is 1.40 bits per heavy atom. The maximum Gasteiger partial charge on any atom is 0 e. The van der Waals surface area contributed by atoms with Crippen molar-refractivity contribution in [2.45, 2.75) is 0 Å². The zero-order valence-electron chi connectivity index (χ0n) is 6.70. The van der Waals surface area contributed by atoms with Crippen molar-refractivity contribution in [2.24, 2.45) is 0 Å². The van der Waals surface area contributed by atoms with Gasteiger partial charge < -0.3 is 5.71 Å². The Hall–Kier alpha value is 4.07. The van der Waals surface area contributed by atoms with Crippen LogP contribution < -0.4 is 0 Å². The summed E-state index contributed by atoms with van der Waals surface area (Å²) in [6, 6.07) is 0. The van der Waals surface area contributed by atoms with Crippen LogP contribution in [0.2, 0.25) is 0 Å². The van der Waals surface area contributed by atoms with Crippen LogP contribution in [0.25, 0.3) is 0 Å². The normalized spacial score (nSPS) is 1.20. The smallest absolute Gasteiger partial charge is 0 e. The van der Waals surface area contributed by atoms with Gasteiger partial charge in [0.2, 0.25) is 0 Å². The fourth-order valence-electron chi connectivity index (χ4n) is 0. The first-order valence-electron chi connectivity index (χ1n) is 0.123. The second-order valence-corrected chi connectivity index (χ2v) is 0. The van der Waals surface area contributed by atoms with E-state index < -0.39 is 0 Å². The molecular weight excluding hydrogens is 461 g/mol. The average Bonchev–Trinajstić information content (AvgIpc) is 1.00. The van der Waals surface area contributed by atoms with Gasteiger partial charge in [-0.2, -0.15) is 0 Å². The van der Waals surface area contributed by atoms with Crippen molar-refractivity contribution in [3.8, 4) is 0 Å². The average molecular weight is 465 g/mol. The zero-order chi connectivity index (χ0) is 2.00. The van der Waals surface area contributed by atoms with E-state index in [1.807, 2.05) is 0 Å². The summed E-state index contributed by atoms with van der Waals surface area (Å²) in [7, 11) is 0. The Bertz CT molecular complexity index is 20.5. The monoisotopic (exact) mass is 466 g/mol. The van der Waals surface area contributed by atoms with Crippen molar-refractivity contribution in [1.82, 2.24) is 0 Å². The van der Waals surface area contributed by atoms with Crippen LogP contribution in [0.1, 0.15) is 5.71 Å². The van der Waals surface area contributed by atoms with E-state index in [9.17, 15) is 0 Å². The van der Waals surface area contributed by atoms with Crippen molar-refractivity contribution < 1.29 is 25.5 Å². The molecule has 1 nitrogen and oxygen atoms in total. The van der Waals surface area contributed by atoms with Crippen LogP contribution in [0.5, 0.6) is 0 Å². The summed E-state index contributed by atoms with van der Waals surface area (Å²) in [6.45, 7) is 0. The number of rotatable bonds is 0. The third kappa shape index (κ3) is 17.9.